The number of hydrogen-bond donors (Lipinski definition) is 3. The van der Waals surface area contributed by atoms with Gasteiger partial charge in [0.15, 0.2) is 5.11 Å². The number of hydrogen-bond acceptors (Lipinski definition) is 2. The molecule has 140 valence electrons. The second-order valence-electron chi connectivity index (χ2n) is 6.54. The van der Waals surface area contributed by atoms with E-state index < -0.39 is 0 Å². The number of benzene rings is 3. The van der Waals surface area contributed by atoms with Gasteiger partial charge in [0, 0.05) is 17.1 Å². The van der Waals surface area contributed by atoms with Crippen LogP contribution in [0, 0.1) is 6.92 Å². The van der Waals surface area contributed by atoms with Crippen LogP contribution in [0.2, 0.25) is 5.02 Å². The van der Waals surface area contributed by atoms with Crippen molar-refractivity contribution in [1.29, 1.82) is 0 Å². The largest absolute Gasteiger partial charge is 0.358 e. The molecule has 0 saturated heterocycles. The smallest absolute Gasteiger partial charge is 0.171 e. The second-order valence-corrected chi connectivity index (χ2v) is 7.38. The van der Waals surface area contributed by atoms with Gasteiger partial charge in [0.05, 0.1) is 16.7 Å². The summed E-state index contributed by atoms with van der Waals surface area (Å²) in [7, 11) is 0. The third-order valence-electron chi connectivity index (χ3n) is 4.50. The van der Waals surface area contributed by atoms with Crippen molar-refractivity contribution in [3.8, 4) is 11.4 Å². The molecule has 6 heteroatoms. The highest BCUT2D eigenvalue weighted by atomic mass is 35.5. The van der Waals surface area contributed by atoms with Crippen LogP contribution in [0.3, 0.4) is 0 Å². The SMILES string of the molecule is Cc1cccc2[nH]c(-c3cc(Cl)ccc3NC(=S)NCc3ccccc3)nc12. The van der Waals surface area contributed by atoms with Gasteiger partial charge >= 0.3 is 0 Å². The number of para-hydroxylation sites is 1. The minimum Gasteiger partial charge on any atom is -0.358 e. The Hall–Kier alpha value is -2.89. The number of rotatable bonds is 4. The lowest BCUT2D eigenvalue weighted by atomic mass is 10.1. The van der Waals surface area contributed by atoms with E-state index in [1.807, 2.05) is 61.5 Å². The van der Waals surface area contributed by atoms with Crippen molar-refractivity contribution in [2.75, 3.05) is 5.32 Å². The van der Waals surface area contributed by atoms with Crippen molar-refractivity contribution < 1.29 is 0 Å². The molecule has 4 aromatic rings. The van der Waals surface area contributed by atoms with Gasteiger partial charge in [0.1, 0.15) is 5.82 Å². The summed E-state index contributed by atoms with van der Waals surface area (Å²) in [6.45, 7) is 2.70. The fraction of sp³-hybridized carbons (Fsp3) is 0.0909. The van der Waals surface area contributed by atoms with Crippen LogP contribution in [0.15, 0.2) is 66.7 Å². The molecule has 0 aliphatic carbocycles. The highest BCUT2D eigenvalue weighted by Gasteiger charge is 2.13. The molecule has 0 aliphatic heterocycles. The highest BCUT2D eigenvalue weighted by Crippen LogP contribution is 2.31. The number of thiocarbonyl (C=S) groups is 1. The molecule has 3 N–H and O–H groups in total. The van der Waals surface area contributed by atoms with Gasteiger partial charge in [-0.25, -0.2) is 4.98 Å². The van der Waals surface area contributed by atoms with Crippen molar-refractivity contribution in [3.05, 3.63) is 82.9 Å². The molecule has 0 bridgehead atoms. The first-order chi connectivity index (χ1) is 13.6. The number of imidazole rings is 1. The number of anilines is 1. The molecule has 0 aliphatic rings. The van der Waals surface area contributed by atoms with E-state index in [0.29, 0.717) is 16.7 Å². The first kappa shape index (κ1) is 18.5. The third kappa shape index (κ3) is 4.01. The summed E-state index contributed by atoms with van der Waals surface area (Å²) >= 11 is 11.7. The van der Waals surface area contributed by atoms with Crippen LogP contribution in [-0.2, 0) is 6.54 Å². The van der Waals surface area contributed by atoms with Crippen LogP contribution >= 0.6 is 23.8 Å². The lowest BCUT2D eigenvalue weighted by molar-refractivity contribution is 0.926. The standard InChI is InChI=1S/C22H19ClN4S/c1-14-6-5-9-19-20(14)27-21(25-19)17-12-16(23)10-11-18(17)26-22(28)24-13-15-7-3-2-4-8-15/h2-12H,13H2,1H3,(H,25,27)(H2,24,26,28). The van der Waals surface area contributed by atoms with E-state index in [0.717, 1.165) is 39.2 Å². The van der Waals surface area contributed by atoms with Crippen molar-refractivity contribution in [1.82, 2.24) is 15.3 Å². The molecular weight excluding hydrogens is 388 g/mol. The van der Waals surface area contributed by atoms with Gasteiger partial charge in [0.25, 0.3) is 0 Å². The fourth-order valence-corrected chi connectivity index (χ4v) is 3.42. The number of aryl methyl sites for hydroxylation is 1. The first-order valence-corrected chi connectivity index (χ1v) is 9.73. The van der Waals surface area contributed by atoms with Gasteiger partial charge in [-0.1, -0.05) is 54.1 Å². The van der Waals surface area contributed by atoms with E-state index in [4.69, 9.17) is 28.8 Å². The van der Waals surface area contributed by atoms with Crippen LogP contribution < -0.4 is 10.6 Å². The predicted octanol–water partition coefficient (Wildman–Crippen LogP) is 5.68. The maximum Gasteiger partial charge on any atom is 0.171 e. The molecule has 0 spiro atoms. The molecule has 1 heterocycles. The highest BCUT2D eigenvalue weighted by molar-refractivity contribution is 7.80. The maximum atomic E-state index is 6.26. The van der Waals surface area contributed by atoms with Gasteiger partial charge in [-0.05, 0) is 54.5 Å². The van der Waals surface area contributed by atoms with Crippen molar-refractivity contribution >= 4 is 45.7 Å². The van der Waals surface area contributed by atoms with Crippen LogP contribution in [0.4, 0.5) is 5.69 Å². The average Bonchev–Trinajstić information content (AvgIpc) is 3.14. The maximum absolute atomic E-state index is 6.26. The molecule has 0 fully saturated rings. The predicted molar refractivity (Wildman–Crippen MR) is 121 cm³/mol. The topological polar surface area (TPSA) is 52.7 Å². The summed E-state index contributed by atoms with van der Waals surface area (Å²) in [5.74, 6) is 0.750. The van der Waals surface area contributed by atoms with Gasteiger partial charge in [-0.3, -0.25) is 0 Å². The molecule has 4 rings (SSSR count). The Balaban J connectivity index is 1.59. The number of nitrogens with zero attached hydrogens (tertiary/aromatic N) is 1. The Morgan fingerprint density at radius 3 is 2.68 bits per heavy atom. The zero-order valence-corrected chi connectivity index (χ0v) is 16.9. The van der Waals surface area contributed by atoms with Crippen LogP contribution in [0.1, 0.15) is 11.1 Å². The fourth-order valence-electron chi connectivity index (χ4n) is 3.07. The summed E-state index contributed by atoms with van der Waals surface area (Å²) < 4.78 is 0. The quantitative estimate of drug-likeness (QED) is 0.382. The molecule has 0 atom stereocenters. The Morgan fingerprint density at radius 2 is 1.89 bits per heavy atom. The summed E-state index contributed by atoms with van der Waals surface area (Å²) in [6.07, 6.45) is 0. The zero-order valence-electron chi connectivity index (χ0n) is 15.3. The Bertz CT molecular complexity index is 1140. The van der Waals surface area contributed by atoms with Gasteiger partial charge in [-0.15, -0.1) is 0 Å². The monoisotopic (exact) mass is 406 g/mol. The number of nitrogens with one attached hydrogen (secondary N) is 3. The van der Waals surface area contributed by atoms with Crippen molar-refractivity contribution in [3.63, 3.8) is 0 Å². The van der Waals surface area contributed by atoms with Crippen LogP contribution in [0.25, 0.3) is 22.4 Å². The summed E-state index contributed by atoms with van der Waals surface area (Å²) in [4.78, 5) is 8.15. The van der Waals surface area contributed by atoms with Gasteiger partial charge in [-0.2, -0.15) is 0 Å². The van der Waals surface area contributed by atoms with E-state index in [1.165, 1.54) is 0 Å². The summed E-state index contributed by atoms with van der Waals surface area (Å²) in [5, 5.41) is 7.68. The number of aromatic nitrogens is 2. The number of aromatic amines is 1. The van der Waals surface area contributed by atoms with Crippen molar-refractivity contribution in [2.24, 2.45) is 0 Å². The number of fused-ring (bicyclic) bond motifs is 1. The second kappa shape index (κ2) is 8.00. The lowest BCUT2D eigenvalue weighted by Gasteiger charge is -2.13. The average molecular weight is 407 g/mol. The molecule has 0 amide bonds. The van der Waals surface area contributed by atoms with E-state index in [1.54, 1.807) is 0 Å². The molecular formula is C22H19ClN4S. The Morgan fingerprint density at radius 1 is 1.07 bits per heavy atom. The zero-order chi connectivity index (χ0) is 19.5. The summed E-state index contributed by atoms with van der Waals surface area (Å²) in [6, 6.07) is 21.8. The molecule has 1 aromatic heterocycles. The number of halogens is 1. The van der Waals surface area contributed by atoms with E-state index in [9.17, 15) is 0 Å². The Labute approximate surface area is 174 Å². The number of H-pyrrole nitrogens is 1. The summed E-state index contributed by atoms with van der Waals surface area (Å²) in [5.41, 5.74) is 5.94. The minimum absolute atomic E-state index is 0.541. The minimum atomic E-state index is 0.541. The Kier molecular flexibility index (Phi) is 5.28. The molecule has 0 unspecified atom stereocenters. The van der Waals surface area contributed by atoms with Gasteiger partial charge < -0.3 is 15.6 Å². The normalized spacial score (nSPS) is 10.8. The third-order valence-corrected chi connectivity index (χ3v) is 4.98. The van der Waals surface area contributed by atoms with Gasteiger partial charge in [0.2, 0.25) is 0 Å². The molecule has 0 saturated carbocycles. The van der Waals surface area contributed by atoms with E-state index >= 15 is 0 Å². The van der Waals surface area contributed by atoms with Crippen LogP contribution in [0.5, 0.6) is 0 Å². The molecule has 0 radical (unpaired) electrons. The molecule has 4 nitrogen and oxygen atoms in total. The lowest BCUT2D eigenvalue weighted by Crippen LogP contribution is -2.28. The van der Waals surface area contributed by atoms with Crippen LogP contribution in [-0.4, -0.2) is 15.1 Å². The molecule has 3 aromatic carbocycles. The molecule has 28 heavy (non-hydrogen) atoms. The van der Waals surface area contributed by atoms with E-state index in [-0.39, 0.29) is 0 Å². The van der Waals surface area contributed by atoms with Crippen molar-refractivity contribution in [2.45, 2.75) is 13.5 Å². The first-order valence-electron chi connectivity index (χ1n) is 8.94. The van der Waals surface area contributed by atoms with E-state index in [2.05, 4.69) is 27.8 Å².